The fourth-order valence-corrected chi connectivity index (χ4v) is 2.32. The average Bonchev–Trinajstić information content (AvgIpc) is 2.43. The van der Waals surface area contributed by atoms with Gasteiger partial charge >= 0.3 is 0 Å². The van der Waals surface area contributed by atoms with Crippen LogP contribution in [0.1, 0.15) is 5.56 Å². The summed E-state index contributed by atoms with van der Waals surface area (Å²) < 4.78 is 5.88. The molecule has 100 valence electrons. The summed E-state index contributed by atoms with van der Waals surface area (Å²) in [7, 11) is 1.53. The molecular formula is C14H15BrN2O2. The van der Waals surface area contributed by atoms with Crippen LogP contribution in [0.15, 0.2) is 46.9 Å². The molecule has 0 saturated carbocycles. The van der Waals surface area contributed by atoms with Gasteiger partial charge in [0.1, 0.15) is 0 Å². The number of methoxy groups -OCH3 is 1. The maximum Gasteiger partial charge on any atom is 0.174 e. The van der Waals surface area contributed by atoms with Crippen molar-refractivity contribution < 1.29 is 9.84 Å². The number of phenolic OH excluding ortho intramolecular Hbond substituents is 1. The summed E-state index contributed by atoms with van der Waals surface area (Å²) in [6.45, 7) is 0.589. The standard InChI is InChI=1S/C14H15BrN2O2/c1-19-14-12(18)8-7-10(13(14)15)9-16-17-11-5-3-2-4-6-11/h2-8,16-18H,9H2,1H3. The van der Waals surface area contributed by atoms with Gasteiger partial charge in [-0.15, -0.1) is 0 Å². The minimum absolute atomic E-state index is 0.120. The monoisotopic (exact) mass is 322 g/mol. The van der Waals surface area contributed by atoms with E-state index < -0.39 is 0 Å². The van der Waals surface area contributed by atoms with Crippen LogP contribution in [-0.4, -0.2) is 12.2 Å². The van der Waals surface area contributed by atoms with Crippen molar-refractivity contribution in [1.82, 2.24) is 5.43 Å². The van der Waals surface area contributed by atoms with E-state index in [-0.39, 0.29) is 5.75 Å². The number of halogens is 1. The summed E-state index contributed by atoms with van der Waals surface area (Å²) in [6.07, 6.45) is 0. The topological polar surface area (TPSA) is 53.5 Å². The van der Waals surface area contributed by atoms with E-state index in [0.717, 1.165) is 15.7 Å². The molecule has 0 bridgehead atoms. The Kier molecular flexibility index (Phi) is 4.65. The van der Waals surface area contributed by atoms with Gasteiger partial charge in [-0.1, -0.05) is 24.3 Å². The van der Waals surface area contributed by atoms with E-state index in [2.05, 4.69) is 26.8 Å². The molecule has 2 aromatic rings. The van der Waals surface area contributed by atoms with Gasteiger partial charge in [-0.25, -0.2) is 5.43 Å². The Balaban J connectivity index is 2.00. The molecule has 4 nitrogen and oxygen atoms in total. The van der Waals surface area contributed by atoms with Crippen LogP contribution in [0.2, 0.25) is 0 Å². The summed E-state index contributed by atoms with van der Waals surface area (Å²) in [5.41, 5.74) is 8.19. The van der Waals surface area contributed by atoms with Gasteiger partial charge in [0.15, 0.2) is 11.5 Å². The molecular weight excluding hydrogens is 308 g/mol. The largest absolute Gasteiger partial charge is 0.504 e. The van der Waals surface area contributed by atoms with E-state index in [1.807, 2.05) is 36.4 Å². The predicted molar refractivity (Wildman–Crippen MR) is 79.3 cm³/mol. The number of hydrogen-bond acceptors (Lipinski definition) is 4. The first-order chi connectivity index (χ1) is 9.22. The molecule has 0 saturated heterocycles. The molecule has 0 unspecified atom stereocenters. The third-order valence-corrected chi connectivity index (χ3v) is 3.52. The average molecular weight is 323 g/mol. The van der Waals surface area contributed by atoms with Gasteiger partial charge in [0.25, 0.3) is 0 Å². The highest BCUT2D eigenvalue weighted by Gasteiger charge is 2.10. The van der Waals surface area contributed by atoms with Crippen LogP contribution < -0.4 is 15.6 Å². The van der Waals surface area contributed by atoms with E-state index in [1.165, 1.54) is 7.11 Å². The van der Waals surface area contributed by atoms with Gasteiger partial charge in [-0.3, -0.25) is 0 Å². The maximum atomic E-state index is 9.63. The number of anilines is 1. The summed E-state index contributed by atoms with van der Waals surface area (Å²) in [5, 5.41) is 9.63. The number of benzene rings is 2. The summed E-state index contributed by atoms with van der Waals surface area (Å²) in [5.74, 6) is 0.563. The molecule has 0 aromatic heterocycles. The van der Waals surface area contributed by atoms with Crippen molar-refractivity contribution in [1.29, 1.82) is 0 Å². The lowest BCUT2D eigenvalue weighted by molar-refractivity contribution is 0.370. The van der Waals surface area contributed by atoms with E-state index in [0.29, 0.717) is 12.3 Å². The van der Waals surface area contributed by atoms with Crippen molar-refractivity contribution in [3.8, 4) is 11.5 Å². The summed E-state index contributed by atoms with van der Waals surface area (Å²) in [4.78, 5) is 0. The molecule has 19 heavy (non-hydrogen) atoms. The molecule has 0 aliphatic heterocycles. The Morgan fingerprint density at radius 1 is 1.16 bits per heavy atom. The lowest BCUT2D eigenvalue weighted by Gasteiger charge is -2.12. The van der Waals surface area contributed by atoms with E-state index in [9.17, 15) is 5.11 Å². The van der Waals surface area contributed by atoms with E-state index in [4.69, 9.17) is 4.74 Å². The highest BCUT2D eigenvalue weighted by atomic mass is 79.9. The van der Waals surface area contributed by atoms with Gasteiger partial charge in [0.05, 0.1) is 11.6 Å². The highest BCUT2D eigenvalue weighted by Crippen LogP contribution is 2.36. The highest BCUT2D eigenvalue weighted by molar-refractivity contribution is 9.10. The quantitative estimate of drug-likeness (QED) is 0.739. The molecule has 0 aliphatic carbocycles. The zero-order valence-electron chi connectivity index (χ0n) is 10.5. The van der Waals surface area contributed by atoms with Gasteiger partial charge in [0.2, 0.25) is 0 Å². The normalized spacial score (nSPS) is 10.2. The number of phenols is 1. The zero-order valence-corrected chi connectivity index (χ0v) is 12.1. The molecule has 2 aromatic carbocycles. The second-order valence-electron chi connectivity index (χ2n) is 3.94. The Hall–Kier alpha value is -1.72. The second kappa shape index (κ2) is 6.45. The van der Waals surface area contributed by atoms with Crippen LogP contribution in [0, 0.1) is 0 Å². The first-order valence-corrected chi connectivity index (χ1v) is 6.60. The molecule has 5 heteroatoms. The van der Waals surface area contributed by atoms with Crippen molar-refractivity contribution in [3.63, 3.8) is 0 Å². The van der Waals surface area contributed by atoms with E-state index in [1.54, 1.807) is 6.07 Å². The Morgan fingerprint density at radius 3 is 2.58 bits per heavy atom. The molecule has 0 spiro atoms. The van der Waals surface area contributed by atoms with Crippen LogP contribution in [0.4, 0.5) is 5.69 Å². The molecule has 0 amide bonds. The number of rotatable bonds is 5. The van der Waals surface area contributed by atoms with Crippen LogP contribution in [0.25, 0.3) is 0 Å². The molecule has 0 fully saturated rings. The molecule has 0 radical (unpaired) electrons. The van der Waals surface area contributed by atoms with E-state index >= 15 is 0 Å². The summed E-state index contributed by atoms with van der Waals surface area (Å²) >= 11 is 3.43. The molecule has 0 heterocycles. The molecule has 2 rings (SSSR count). The van der Waals surface area contributed by atoms with Crippen LogP contribution in [0.5, 0.6) is 11.5 Å². The van der Waals surface area contributed by atoms with Crippen molar-refractivity contribution in [3.05, 3.63) is 52.5 Å². The number of para-hydroxylation sites is 1. The molecule has 0 atom stereocenters. The summed E-state index contributed by atoms with van der Waals surface area (Å²) in [6, 6.07) is 13.3. The van der Waals surface area contributed by atoms with Crippen LogP contribution >= 0.6 is 15.9 Å². The lowest BCUT2D eigenvalue weighted by Crippen LogP contribution is -2.21. The maximum absolute atomic E-state index is 9.63. The predicted octanol–water partition coefficient (Wildman–Crippen LogP) is 3.28. The van der Waals surface area contributed by atoms with Crippen molar-refractivity contribution >= 4 is 21.6 Å². The number of hydrogen-bond donors (Lipinski definition) is 3. The fraction of sp³-hybridized carbons (Fsp3) is 0.143. The number of hydrazine groups is 1. The third kappa shape index (κ3) is 3.39. The van der Waals surface area contributed by atoms with Gasteiger partial charge < -0.3 is 15.3 Å². The molecule has 0 aliphatic rings. The van der Waals surface area contributed by atoms with Gasteiger partial charge in [0, 0.05) is 12.2 Å². The first-order valence-electron chi connectivity index (χ1n) is 5.80. The van der Waals surface area contributed by atoms with Gasteiger partial charge in [-0.2, -0.15) is 0 Å². The smallest absolute Gasteiger partial charge is 0.174 e. The van der Waals surface area contributed by atoms with Crippen LogP contribution in [-0.2, 0) is 6.54 Å². The lowest BCUT2D eigenvalue weighted by atomic mass is 10.2. The minimum atomic E-state index is 0.120. The number of aromatic hydroxyl groups is 1. The van der Waals surface area contributed by atoms with Crippen LogP contribution in [0.3, 0.4) is 0 Å². The third-order valence-electron chi connectivity index (χ3n) is 2.65. The number of ether oxygens (including phenoxy) is 1. The van der Waals surface area contributed by atoms with Gasteiger partial charge in [-0.05, 0) is 39.7 Å². The first kappa shape index (κ1) is 13.7. The number of nitrogens with one attached hydrogen (secondary N) is 2. The Labute approximate surface area is 120 Å². The van der Waals surface area contributed by atoms with Crippen molar-refractivity contribution in [2.24, 2.45) is 0 Å². The van der Waals surface area contributed by atoms with Crippen molar-refractivity contribution in [2.45, 2.75) is 6.54 Å². The Morgan fingerprint density at radius 2 is 1.89 bits per heavy atom. The SMILES string of the molecule is COc1c(O)ccc(CNNc2ccccc2)c1Br. The second-order valence-corrected chi connectivity index (χ2v) is 4.73. The Bertz CT molecular complexity index is 547. The molecule has 3 N–H and O–H groups in total. The van der Waals surface area contributed by atoms with Crippen molar-refractivity contribution in [2.75, 3.05) is 12.5 Å². The zero-order chi connectivity index (χ0) is 13.7. The minimum Gasteiger partial charge on any atom is -0.504 e. The fourth-order valence-electron chi connectivity index (χ4n) is 1.68.